The molecule has 0 heterocycles. The van der Waals surface area contributed by atoms with Crippen LogP contribution < -0.4 is 4.74 Å². The van der Waals surface area contributed by atoms with Crippen molar-refractivity contribution >= 4 is 5.97 Å². The summed E-state index contributed by atoms with van der Waals surface area (Å²) in [5, 5.41) is 10.2. The lowest BCUT2D eigenvalue weighted by Crippen LogP contribution is -2.20. The van der Waals surface area contributed by atoms with Crippen LogP contribution in [0.2, 0.25) is 0 Å². The van der Waals surface area contributed by atoms with Crippen LogP contribution in [0.3, 0.4) is 0 Å². The summed E-state index contributed by atoms with van der Waals surface area (Å²) in [6.07, 6.45) is 0.634. The molecule has 0 aliphatic carbocycles. The number of esters is 1. The van der Waals surface area contributed by atoms with Crippen LogP contribution in [0.25, 0.3) is 0 Å². The van der Waals surface area contributed by atoms with Crippen molar-refractivity contribution in [2.75, 3.05) is 13.7 Å². The summed E-state index contributed by atoms with van der Waals surface area (Å²) in [5.41, 5.74) is 0.879. The molecule has 0 saturated heterocycles. The molecule has 0 amide bonds. The SMILES string of the molecule is CC.CCC(C)(O)c1ccc(OCC(=O)OC)c(C)c1. The van der Waals surface area contributed by atoms with Crippen LogP contribution in [-0.4, -0.2) is 24.8 Å². The molecule has 1 unspecified atom stereocenters. The highest BCUT2D eigenvalue weighted by molar-refractivity contribution is 5.70. The zero-order valence-corrected chi connectivity index (χ0v) is 13.3. The first-order valence-electron chi connectivity index (χ1n) is 6.94. The van der Waals surface area contributed by atoms with Gasteiger partial charge in [-0.25, -0.2) is 4.79 Å². The van der Waals surface area contributed by atoms with Crippen molar-refractivity contribution in [2.24, 2.45) is 0 Å². The third kappa shape index (κ3) is 5.21. The van der Waals surface area contributed by atoms with E-state index < -0.39 is 11.6 Å². The first kappa shape index (κ1) is 18.4. The minimum Gasteiger partial charge on any atom is -0.482 e. The third-order valence-electron chi connectivity index (χ3n) is 3.06. The van der Waals surface area contributed by atoms with E-state index in [-0.39, 0.29) is 6.61 Å². The highest BCUT2D eigenvalue weighted by Gasteiger charge is 2.21. The Hall–Kier alpha value is -1.55. The molecule has 1 aromatic rings. The number of benzene rings is 1. The number of rotatable bonds is 5. The van der Waals surface area contributed by atoms with Gasteiger partial charge in [-0.2, -0.15) is 0 Å². The standard InChI is InChI=1S/C14H20O4.C2H6/c1-5-14(3,16)11-6-7-12(10(2)8-11)18-9-13(15)17-4;1-2/h6-8,16H,5,9H2,1-4H3;1-2H3. The molecule has 114 valence electrons. The van der Waals surface area contributed by atoms with Gasteiger partial charge in [0.2, 0.25) is 0 Å². The van der Waals surface area contributed by atoms with E-state index in [1.165, 1.54) is 7.11 Å². The average Bonchev–Trinajstić information content (AvgIpc) is 2.47. The lowest BCUT2D eigenvalue weighted by atomic mass is 9.92. The number of hydrogen-bond acceptors (Lipinski definition) is 4. The molecule has 0 aromatic heterocycles. The van der Waals surface area contributed by atoms with Gasteiger partial charge < -0.3 is 14.6 Å². The molecular formula is C16H26O4. The molecular weight excluding hydrogens is 256 g/mol. The zero-order valence-electron chi connectivity index (χ0n) is 13.3. The van der Waals surface area contributed by atoms with Crippen molar-refractivity contribution in [1.82, 2.24) is 0 Å². The Morgan fingerprint density at radius 3 is 2.40 bits per heavy atom. The molecule has 20 heavy (non-hydrogen) atoms. The monoisotopic (exact) mass is 282 g/mol. The molecule has 0 bridgehead atoms. The topological polar surface area (TPSA) is 55.8 Å². The van der Waals surface area contributed by atoms with Gasteiger partial charge >= 0.3 is 5.97 Å². The molecule has 0 saturated carbocycles. The van der Waals surface area contributed by atoms with E-state index in [4.69, 9.17) is 4.74 Å². The number of hydrogen-bond donors (Lipinski definition) is 1. The summed E-state index contributed by atoms with van der Waals surface area (Å²) in [6.45, 7) is 9.47. The van der Waals surface area contributed by atoms with Gasteiger partial charge in [-0.15, -0.1) is 0 Å². The van der Waals surface area contributed by atoms with E-state index >= 15 is 0 Å². The van der Waals surface area contributed by atoms with Crippen LogP contribution in [0.1, 0.15) is 45.2 Å². The fraction of sp³-hybridized carbons (Fsp3) is 0.562. The van der Waals surface area contributed by atoms with E-state index in [1.807, 2.05) is 39.8 Å². The summed E-state index contributed by atoms with van der Waals surface area (Å²) < 4.78 is 9.84. The van der Waals surface area contributed by atoms with Gasteiger partial charge in [-0.3, -0.25) is 0 Å². The molecule has 0 aliphatic rings. The molecule has 0 fully saturated rings. The third-order valence-corrected chi connectivity index (χ3v) is 3.06. The maximum absolute atomic E-state index is 11.0. The highest BCUT2D eigenvalue weighted by Crippen LogP contribution is 2.28. The smallest absolute Gasteiger partial charge is 0.343 e. The zero-order chi connectivity index (χ0) is 15.8. The van der Waals surface area contributed by atoms with E-state index in [0.717, 1.165) is 11.1 Å². The van der Waals surface area contributed by atoms with Crippen LogP contribution in [-0.2, 0) is 15.1 Å². The minimum atomic E-state index is -0.842. The van der Waals surface area contributed by atoms with Crippen molar-refractivity contribution in [3.05, 3.63) is 29.3 Å². The summed E-state index contributed by atoms with van der Waals surface area (Å²) in [5.74, 6) is 0.204. The fourth-order valence-corrected chi connectivity index (χ4v) is 1.55. The molecule has 4 nitrogen and oxygen atoms in total. The fourth-order valence-electron chi connectivity index (χ4n) is 1.55. The van der Waals surface area contributed by atoms with Gasteiger partial charge in [0.1, 0.15) is 5.75 Å². The highest BCUT2D eigenvalue weighted by atomic mass is 16.6. The van der Waals surface area contributed by atoms with Crippen molar-refractivity contribution in [2.45, 2.75) is 46.6 Å². The number of carbonyl (C=O) groups excluding carboxylic acids is 1. The summed E-state index contributed by atoms with van der Waals surface area (Å²) >= 11 is 0. The molecule has 1 rings (SSSR count). The second-order valence-electron chi connectivity index (χ2n) is 4.47. The second-order valence-corrected chi connectivity index (χ2v) is 4.47. The van der Waals surface area contributed by atoms with Crippen molar-refractivity contribution < 1.29 is 19.4 Å². The van der Waals surface area contributed by atoms with E-state index in [9.17, 15) is 9.90 Å². The van der Waals surface area contributed by atoms with Gasteiger partial charge in [-0.05, 0) is 43.5 Å². The number of carbonyl (C=O) groups is 1. The number of aryl methyl sites for hydroxylation is 1. The largest absolute Gasteiger partial charge is 0.482 e. The van der Waals surface area contributed by atoms with Gasteiger partial charge in [0.25, 0.3) is 0 Å². The van der Waals surface area contributed by atoms with Crippen LogP contribution in [0.4, 0.5) is 0 Å². The summed E-state index contributed by atoms with van der Waals surface area (Å²) in [7, 11) is 1.32. The second kappa shape index (κ2) is 8.59. The molecule has 1 aromatic carbocycles. The van der Waals surface area contributed by atoms with Crippen LogP contribution in [0.5, 0.6) is 5.75 Å². The van der Waals surface area contributed by atoms with E-state index in [1.54, 1.807) is 13.0 Å². The molecule has 0 radical (unpaired) electrons. The Bertz CT molecular complexity index is 424. The first-order chi connectivity index (χ1) is 9.40. The van der Waals surface area contributed by atoms with Crippen molar-refractivity contribution in [3.63, 3.8) is 0 Å². The quantitative estimate of drug-likeness (QED) is 0.843. The van der Waals surface area contributed by atoms with Crippen LogP contribution in [0.15, 0.2) is 18.2 Å². The summed E-state index contributed by atoms with van der Waals surface area (Å²) in [6, 6.07) is 5.44. The predicted molar refractivity (Wildman–Crippen MR) is 79.9 cm³/mol. The maximum Gasteiger partial charge on any atom is 0.343 e. The van der Waals surface area contributed by atoms with Crippen molar-refractivity contribution in [3.8, 4) is 5.75 Å². The number of methoxy groups -OCH3 is 1. The van der Waals surface area contributed by atoms with Gasteiger partial charge in [0.15, 0.2) is 6.61 Å². The predicted octanol–water partition coefficient (Wildman–Crippen LogP) is 3.19. The maximum atomic E-state index is 11.0. The molecule has 0 aliphatic heterocycles. The first-order valence-corrected chi connectivity index (χ1v) is 6.94. The van der Waals surface area contributed by atoms with E-state index in [0.29, 0.717) is 12.2 Å². The Morgan fingerprint density at radius 2 is 1.95 bits per heavy atom. The van der Waals surface area contributed by atoms with Crippen LogP contribution in [0, 0.1) is 6.92 Å². The lowest BCUT2D eigenvalue weighted by Gasteiger charge is -2.23. The van der Waals surface area contributed by atoms with Gasteiger partial charge in [-0.1, -0.05) is 26.8 Å². The normalized spacial score (nSPS) is 12.8. The molecule has 4 heteroatoms. The molecule has 1 atom stereocenters. The van der Waals surface area contributed by atoms with Gasteiger partial charge in [0, 0.05) is 0 Å². The Morgan fingerprint density at radius 1 is 1.35 bits per heavy atom. The number of aliphatic hydroxyl groups is 1. The number of ether oxygens (including phenoxy) is 2. The van der Waals surface area contributed by atoms with Crippen LogP contribution >= 0.6 is 0 Å². The van der Waals surface area contributed by atoms with Gasteiger partial charge in [0.05, 0.1) is 12.7 Å². The summed E-state index contributed by atoms with van der Waals surface area (Å²) in [4.78, 5) is 11.0. The molecule has 1 N–H and O–H groups in total. The minimum absolute atomic E-state index is 0.110. The Balaban J connectivity index is 0.00000172. The molecule has 0 spiro atoms. The van der Waals surface area contributed by atoms with E-state index in [2.05, 4.69) is 4.74 Å². The Kier molecular flexibility index (Phi) is 7.92. The average molecular weight is 282 g/mol. The lowest BCUT2D eigenvalue weighted by molar-refractivity contribution is -0.142. The Labute approximate surface area is 121 Å². The van der Waals surface area contributed by atoms with Crippen molar-refractivity contribution in [1.29, 1.82) is 0 Å².